The van der Waals surface area contributed by atoms with Crippen molar-refractivity contribution in [1.29, 1.82) is 5.26 Å². The number of nitrogens with zero attached hydrogens (tertiary/aromatic N) is 3. The van der Waals surface area contributed by atoms with Gasteiger partial charge in [-0.3, -0.25) is 4.79 Å². The molecule has 4 heteroatoms. The van der Waals surface area contributed by atoms with Gasteiger partial charge in [-0.15, -0.1) is 0 Å². The van der Waals surface area contributed by atoms with Gasteiger partial charge in [0.25, 0.3) is 5.56 Å². The highest BCUT2D eigenvalue weighted by Crippen LogP contribution is 2.13. The molecule has 4 nitrogen and oxygen atoms in total. The summed E-state index contributed by atoms with van der Waals surface area (Å²) in [4.78, 5) is 12.2. The van der Waals surface area contributed by atoms with Gasteiger partial charge >= 0.3 is 0 Å². The molecule has 0 unspecified atom stereocenters. The molecule has 0 N–H and O–H groups in total. The van der Waals surface area contributed by atoms with Crippen molar-refractivity contribution in [1.82, 2.24) is 9.78 Å². The zero-order chi connectivity index (χ0) is 14.2. The Morgan fingerprint density at radius 1 is 1.16 bits per heavy atom. The summed E-state index contributed by atoms with van der Waals surface area (Å²) in [6, 6.07) is 7.78. The van der Waals surface area contributed by atoms with Crippen LogP contribution in [0.25, 0.3) is 5.69 Å². The summed E-state index contributed by atoms with van der Waals surface area (Å²) < 4.78 is 1.36. The van der Waals surface area contributed by atoms with E-state index < -0.39 is 0 Å². The second kappa shape index (κ2) is 4.69. The molecule has 1 aromatic heterocycles. The Morgan fingerprint density at radius 2 is 1.84 bits per heavy atom. The Morgan fingerprint density at radius 3 is 2.42 bits per heavy atom. The van der Waals surface area contributed by atoms with Gasteiger partial charge in [-0.05, 0) is 51.0 Å². The van der Waals surface area contributed by atoms with E-state index in [0.29, 0.717) is 16.8 Å². The molecule has 0 aliphatic rings. The van der Waals surface area contributed by atoms with Crippen molar-refractivity contribution >= 4 is 0 Å². The van der Waals surface area contributed by atoms with Crippen LogP contribution in [0, 0.1) is 39.0 Å². The smallest absolute Gasteiger partial charge is 0.267 e. The van der Waals surface area contributed by atoms with E-state index >= 15 is 0 Å². The minimum absolute atomic E-state index is 0.245. The van der Waals surface area contributed by atoms with Gasteiger partial charge in [-0.2, -0.15) is 15.0 Å². The van der Waals surface area contributed by atoms with E-state index in [1.807, 2.05) is 38.1 Å². The lowest BCUT2D eigenvalue weighted by Gasteiger charge is -2.10. The number of nitriles is 1. The van der Waals surface area contributed by atoms with Crippen molar-refractivity contribution in [2.45, 2.75) is 27.7 Å². The Balaban J connectivity index is 2.74. The molecule has 0 bridgehead atoms. The van der Waals surface area contributed by atoms with Crippen molar-refractivity contribution in [3.63, 3.8) is 0 Å². The minimum atomic E-state index is -0.245. The third-order valence-electron chi connectivity index (χ3n) is 3.35. The van der Waals surface area contributed by atoms with Crippen molar-refractivity contribution < 1.29 is 0 Å². The molecular weight excluding hydrogens is 238 g/mol. The van der Waals surface area contributed by atoms with Crippen LogP contribution in [-0.2, 0) is 0 Å². The molecule has 2 aromatic rings. The average molecular weight is 253 g/mol. The fraction of sp³-hybridized carbons (Fsp3) is 0.267. The molecule has 0 spiro atoms. The zero-order valence-electron chi connectivity index (χ0n) is 11.5. The first-order valence-electron chi connectivity index (χ1n) is 6.04. The second-order valence-electron chi connectivity index (χ2n) is 4.68. The van der Waals surface area contributed by atoms with E-state index in [1.165, 1.54) is 10.2 Å². The lowest BCUT2D eigenvalue weighted by Crippen LogP contribution is -2.25. The van der Waals surface area contributed by atoms with Crippen LogP contribution in [0.3, 0.4) is 0 Å². The number of aryl methyl sites for hydroxylation is 3. The second-order valence-corrected chi connectivity index (χ2v) is 4.68. The Kier molecular flexibility index (Phi) is 3.22. The molecule has 0 aliphatic carbocycles. The maximum absolute atomic E-state index is 12.2. The quantitative estimate of drug-likeness (QED) is 0.783. The van der Waals surface area contributed by atoms with Crippen molar-refractivity contribution in [3.8, 4) is 11.8 Å². The first-order valence-corrected chi connectivity index (χ1v) is 6.04. The molecule has 0 atom stereocenters. The van der Waals surface area contributed by atoms with Gasteiger partial charge in [0.15, 0.2) is 0 Å². The molecule has 1 aromatic carbocycles. The monoisotopic (exact) mass is 253 g/mol. The van der Waals surface area contributed by atoms with Crippen molar-refractivity contribution in [3.05, 3.63) is 56.5 Å². The van der Waals surface area contributed by atoms with Crippen LogP contribution in [0.1, 0.15) is 27.9 Å². The van der Waals surface area contributed by atoms with Gasteiger partial charge in [0, 0.05) is 5.56 Å². The van der Waals surface area contributed by atoms with Crippen LogP contribution in [0.15, 0.2) is 23.0 Å². The standard InChI is InChI=1S/C15H15N3O/c1-9-5-6-13(7-10(9)2)18-15(19)11(3)14(8-16)12(4)17-18/h5-7H,1-4H3. The molecular formula is C15H15N3O. The fourth-order valence-electron chi connectivity index (χ4n) is 1.98. The van der Waals surface area contributed by atoms with Crippen LogP contribution in [0.4, 0.5) is 0 Å². The predicted octanol–water partition coefficient (Wildman–Crippen LogP) is 2.34. The largest absolute Gasteiger partial charge is 0.275 e. The van der Waals surface area contributed by atoms with E-state index in [4.69, 9.17) is 5.26 Å². The van der Waals surface area contributed by atoms with Crippen LogP contribution < -0.4 is 5.56 Å². The van der Waals surface area contributed by atoms with Crippen molar-refractivity contribution in [2.75, 3.05) is 0 Å². The van der Waals surface area contributed by atoms with E-state index in [1.54, 1.807) is 13.8 Å². The zero-order valence-corrected chi connectivity index (χ0v) is 11.5. The molecule has 0 fully saturated rings. The van der Waals surface area contributed by atoms with E-state index in [-0.39, 0.29) is 5.56 Å². The predicted molar refractivity (Wildman–Crippen MR) is 73.5 cm³/mol. The normalized spacial score (nSPS) is 10.3. The number of hydrogen-bond acceptors (Lipinski definition) is 3. The van der Waals surface area contributed by atoms with Crippen LogP contribution in [-0.4, -0.2) is 9.78 Å². The summed E-state index contributed by atoms with van der Waals surface area (Å²) in [5.74, 6) is 0. The molecule has 0 aliphatic heterocycles. The summed E-state index contributed by atoms with van der Waals surface area (Å²) in [5.41, 5.74) is 4.12. The minimum Gasteiger partial charge on any atom is -0.267 e. The van der Waals surface area contributed by atoms with Gasteiger partial charge in [0.1, 0.15) is 6.07 Å². The molecule has 0 amide bonds. The number of hydrogen-bond donors (Lipinski definition) is 0. The summed E-state index contributed by atoms with van der Waals surface area (Å²) in [7, 11) is 0. The summed E-state index contributed by atoms with van der Waals surface area (Å²) in [5, 5.41) is 13.3. The highest BCUT2D eigenvalue weighted by Gasteiger charge is 2.12. The lowest BCUT2D eigenvalue weighted by atomic mass is 10.1. The summed E-state index contributed by atoms with van der Waals surface area (Å²) >= 11 is 0. The van der Waals surface area contributed by atoms with Gasteiger partial charge in [0.2, 0.25) is 0 Å². The molecule has 0 radical (unpaired) electrons. The fourth-order valence-corrected chi connectivity index (χ4v) is 1.98. The number of benzene rings is 1. The third-order valence-corrected chi connectivity index (χ3v) is 3.35. The third kappa shape index (κ3) is 2.15. The summed E-state index contributed by atoms with van der Waals surface area (Å²) in [6.07, 6.45) is 0. The Bertz CT molecular complexity index is 751. The highest BCUT2D eigenvalue weighted by atomic mass is 16.1. The maximum Gasteiger partial charge on any atom is 0.275 e. The van der Waals surface area contributed by atoms with Crippen LogP contribution in [0.2, 0.25) is 0 Å². The molecule has 0 saturated heterocycles. The van der Waals surface area contributed by atoms with Gasteiger partial charge < -0.3 is 0 Å². The SMILES string of the molecule is Cc1ccc(-n2nc(C)c(C#N)c(C)c2=O)cc1C. The van der Waals surface area contributed by atoms with E-state index in [9.17, 15) is 4.79 Å². The van der Waals surface area contributed by atoms with Crippen molar-refractivity contribution in [2.24, 2.45) is 0 Å². The molecule has 19 heavy (non-hydrogen) atoms. The van der Waals surface area contributed by atoms with Crippen LogP contribution >= 0.6 is 0 Å². The number of rotatable bonds is 1. The Labute approximate surface area is 111 Å². The molecule has 2 rings (SSSR count). The Hall–Kier alpha value is -2.41. The topological polar surface area (TPSA) is 58.7 Å². The van der Waals surface area contributed by atoms with Crippen LogP contribution in [0.5, 0.6) is 0 Å². The number of aromatic nitrogens is 2. The highest BCUT2D eigenvalue weighted by molar-refractivity contribution is 5.43. The first-order chi connectivity index (χ1) is 8.95. The van der Waals surface area contributed by atoms with Gasteiger partial charge in [-0.25, -0.2) is 0 Å². The lowest BCUT2D eigenvalue weighted by molar-refractivity contribution is 0.771. The average Bonchev–Trinajstić information content (AvgIpc) is 2.38. The van der Waals surface area contributed by atoms with E-state index in [2.05, 4.69) is 5.10 Å². The molecule has 1 heterocycles. The summed E-state index contributed by atoms with van der Waals surface area (Å²) in [6.45, 7) is 7.41. The first kappa shape index (κ1) is 13.0. The molecule has 0 saturated carbocycles. The van der Waals surface area contributed by atoms with Gasteiger partial charge in [0.05, 0.1) is 16.9 Å². The van der Waals surface area contributed by atoms with Gasteiger partial charge in [-0.1, -0.05) is 6.07 Å². The molecule has 96 valence electrons. The maximum atomic E-state index is 12.2. The van der Waals surface area contributed by atoms with E-state index in [0.717, 1.165) is 11.3 Å².